The molecule has 5 heteroatoms. The van der Waals surface area contributed by atoms with Crippen molar-refractivity contribution < 1.29 is 14.3 Å². The Morgan fingerprint density at radius 2 is 1.38 bits per heavy atom. The minimum absolute atomic E-state index is 0.0896. The van der Waals surface area contributed by atoms with E-state index in [0.29, 0.717) is 5.82 Å². The number of carbonyl (C=O) groups excluding carboxylic acids is 1. The van der Waals surface area contributed by atoms with Gasteiger partial charge in [0.2, 0.25) is 0 Å². The van der Waals surface area contributed by atoms with Crippen LogP contribution in [0.3, 0.4) is 0 Å². The minimum atomic E-state index is 0.0896. The van der Waals surface area contributed by atoms with Crippen molar-refractivity contribution in [1.82, 2.24) is 9.55 Å². The van der Waals surface area contributed by atoms with Gasteiger partial charge in [-0.15, -0.1) is 0 Å². The normalized spacial score (nSPS) is 10.8. The summed E-state index contributed by atoms with van der Waals surface area (Å²) in [6.45, 7) is 4.08. The fourth-order valence-electron chi connectivity index (χ4n) is 3.03. The number of benzene rings is 2. The van der Waals surface area contributed by atoms with Crippen molar-refractivity contribution >= 4 is 6.29 Å². The van der Waals surface area contributed by atoms with Crippen molar-refractivity contribution in [3.05, 3.63) is 54.4 Å². The first-order valence-corrected chi connectivity index (χ1v) is 8.45. The maximum Gasteiger partial charge on any atom is 0.185 e. The van der Waals surface area contributed by atoms with Gasteiger partial charge in [-0.3, -0.25) is 4.79 Å². The molecule has 0 saturated heterocycles. The zero-order chi connectivity index (χ0) is 18.7. The SMILES string of the molecule is COc1ccc(-c2nc(C=O)n(C(C)C)c2-c2ccc(OC)cc2)cc1. The van der Waals surface area contributed by atoms with Crippen LogP contribution in [-0.2, 0) is 0 Å². The largest absolute Gasteiger partial charge is 0.497 e. The lowest BCUT2D eigenvalue weighted by atomic mass is 10.0. The van der Waals surface area contributed by atoms with Crippen LogP contribution in [0.4, 0.5) is 0 Å². The van der Waals surface area contributed by atoms with Gasteiger partial charge >= 0.3 is 0 Å². The Morgan fingerprint density at radius 3 is 1.81 bits per heavy atom. The zero-order valence-corrected chi connectivity index (χ0v) is 15.4. The molecule has 0 spiro atoms. The molecule has 1 heterocycles. The molecule has 0 aliphatic heterocycles. The van der Waals surface area contributed by atoms with E-state index in [2.05, 4.69) is 4.98 Å². The second-order valence-corrected chi connectivity index (χ2v) is 6.21. The number of rotatable bonds is 6. The van der Waals surface area contributed by atoms with E-state index in [1.165, 1.54) is 0 Å². The Kier molecular flexibility index (Phi) is 5.07. The molecular weight excluding hydrogens is 328 g/mol. The van der Waals surface area contributed by atoms with E-state index >= 15 is 0 Å². The number of hydrogen-bond acceptors (Lipinski definition) is 4. The maximum absolute atomic E-state index is 11.6. The van der Waals surface area contributed by atoms with Crippen LogP contribution >= 0.6 is 0 Å². The molecule has 0 saturated carbocycles. The van der Waals surface area contributed by atoms with E-state index in [0.717, 1.165) is 40.3 Å². The number of methoxy groups -OCH3 is 2. The van der Waals surface area contributed by atoms with Crippen LogP contribution in [-0.4, -0.2) is 30.1 Å². The Labute approximate surface area is 153 Å². The fourth-order valence-corrected chi connectivity index (χ4v) is 3.03. The minimum Gasteiger partial charge on any atom is -0.497 e. The highest BCUT2D eigenvalue weighted by Crippen LogP contribution is 2.36. The van der Waals surface area contributed by atoms with Crippen LogP contribution in [0.25, 0.3) is 22.5 Å². The number of ether oxygens (including phenoxy) is 2. The summed E-state index contributed by atoms with van der Waals surface area (Å²) in [5.41, 5.74) is 3.59. The second kappa shape index (κ2) is 7.44. The van der Waals surface area contributed by atoms with Gasteiger partial charge in [0, 0.05) is 17.2 Å². The van der Waals surface area contributed by atoms with E-state index in [1.54, 1.807) is 14.2 Å². The van der Waals surface area contributed by atoms with Crippen molar-refractivity contribution in [2.75, 3.05) is 14.2 Å². The van der Waals surface area contributed by atoms with Crippen molar-refractivity contribution in [3.63, 3.8) is 0 Å². The third kappa shape index (κ3) is 3.20. The van der Waals surface area contributed by atoms with Crippen LogP contribution in [0.5, 0.6) is 11.5 Å². The average molecular weight is 350 g/mol. The fraction of sp³-hybridized carbons (Fsp3) is 0.238. The van der Waals surface area contributed by atoms with Gasteiger partial charge in [0.1, 0.15) is 11.5 Å². The molecule has 2 aromatic carbocycles. The molecule has 0 amide bonds. The van der Waals surface area contributed by atoms with Crippen LogP contribution in [0, 0.1) is 0 Å². The summed E-state index contributed by atoms with van der Waals surface area (Å²) in [6, 6.07) is 15.6. The topological polar surface area (TPSA) is 53.3 Å². The molecule has 0 aliphatic rings. The highest BCUT2D eigenvalue weighted by molar-refractivity contribution is 5.84. The number of nitrogens with zero attached hydrogens (tertiary/aromatic N) is 2. The summed E-state index contributed by atoms with van der Waals surface area (Å²) >= 11 is 0. The molecule has 0 unspecified atom stereocenters. The molecule has 0 fully saturated rings. The lowest BCUT2D eigenvalue weighted by molar-refractivity contribution is 0.111. The van der Waals surface area contributed by atoms with Gasteiger partial charge in [-0.1, -0.05) is 0 Å². The predicted molar refractivity (Wildman–Crippen MR) is 102 cm³/mol. The molecule has 0 bridgehead atoms. The summed E-state index contributed by atoms with van der Waals surface area (Å²) in [7, 11) is 3.27. The summed E-state index contributed by atoms with van der Waals surface area (Å²) in [4.78, 5) is 16.3. The van der Waals surface area contributed by atoms with Gasteiger partial charge in [-0.05, 0) is 62.4 Å². The molecule has 26 heavy (non-hydrogen) atoms. The Hall–Kier alpha value is -3.08. The van der Waals surface area contributed by atoms with Crippen molar-refractivity contribution in [1.29, 1.82) is 0 Å². The lowest BCUT2D eigenvalue weighted by Gasteiger charge is -2.15. The van der Waals surface area contributed by atoms with E-state index in [1.807, 2.05) is 66.9 Å². The first-order valence-electron chi connectivity index (χ1n) is 8.45. The summed E-state index contributed by atoms with van der Waals surface area (Å²) in [5, 5.41) is 0. The molecular formula is C21H22N2O3. The Bertz CT molecular complexity index is 894. The third-order valence-electron chi connectivity index (χ3n) is 4.29. The third-order valence-corrected chi connectivity index (χ3v) is 4.29. The van der Waals surface area contributed by atoms with Crippen LogP contribution in [0.2, 0.25) is 0 Å². The summed E-state index contributed by atoms with van der Waals surface area (Å²) in [5.74, 6) is 1.97. The quantitative estimate of drug-likeness (QED) is 0.608. The molecule has 3 aromatic rings. The van der Waals surface area contributed by atoms with Crippen molar-refractivity contribution in [2.24, 2.45) is 0 Å². The van der Waals surface area contributed by atoms with Crippen LogP contribution in [0.1, 0.15) is 30.5 Å². The Balaban J connectivity index is 2.23. The number of imidazole rings is 1. The van der Waals surface area contributed by atoms with Crippen molar-refractivity contribution in [3.8, 4) is 34.0 Å². The Morgan fingerprint density at radius 1 is 0.885 bits per heavy atom. The van der Waals surface area contributed by atoms with E-state index in [-0.39, 0.29) is 6.04 Å². The number of aldehydes is 1. The molecule has 0 aliphatic carbocycles. The average Bonchev–Trinajstić information content (AvgIpc) is 3.08. The zero-order valence-electron chi connectivity index (χ0n) is 15.4. The summed E-state index contributed by atoms with van der Waals surface area (Å²) < 4.78 is 12.5. The molecule has 134 valence electrons. The summed E-state index contributed by atoms with van der Waals surface area (Å²) in [6.07, 6.45) is 0.806. The number of hydrogen-bond donors (Lipinski definition) is 0. The van der Waals surface area contributed by atoms with Gasteiger partial charge in [0.15, 0.2) is 12.1 Å². The molecule has 0 N–H and O–H groups in total. The standard InChI is InChI=1S/C21H22N2O3/c1-14(2)23-19(13-24)22-20(15-5-9-17(25-3)10-6-15)21(23)16-7-11-18(26-4)12-8-16/h5-14H,1-4H3. The molecule has 3 rings (SSSR count). The first-order chi connectivity index (χ1) is 12.6. The number of carbonyl (C=O) groups is 1. The van der Waals surface area contributed by atoms with Gasteiger partial charge in [-0.2, -0.15) is 0 Å². The van der Waals surface area contributed by atoms with Gasteiger partial charge in [0.25, 0.3) is 0 Å². The lowest BCUT2D eigenvalue weighted by Crippen LogP contribution is -2.07. The monoisotopic (exact) mass is 350 g/mol. The predicted octanol–water partition coefficient (Wildman–Crippen LogP) is 4.63. The smallest absolute Gasteiger partial charge is 0.185 e. The first kappa shape index (κ1) is 17.7. The second-order valence-electron chi connectivity index (χ2n) is 6.21. The maximum atomic E-state index is 11.6. The highest BCUT2D eigenvalue weighted by atomic mass is 16.5. The van der Waals surface area contributed by atoms with Gasteiger partial charge < -0.3 is 14.0 Å². The van der Waals surface area contributed by atoms with Crippen LogP contribution < -0.4 is 9.47 Å². The molecule has 0 atom stereocenters. The van der Waals surface area contributed by atoms with Gasteiger partial charge in [-0.25, -0.2) is 4.98 Å². The van der Waals surface area contributed by atoms with E-state index in [9.17, 15) is 4.79 Å². The van der Waals surface area contributed by atoms with Crippen LogP contribution in [0.15, 0.2) is 48.5 Å². The van der Waals surface area contributed by atoms with Crippen molar-refractivity contribution in [2.45, 2.75) is 19.9 Å². The highest BCUT2D eigenvalue weighted by Gasteiger charge is 2.21. The molecule has 5 nitrogen and oxygen atoms in total. The van der Waals surface area contributed by atoms with E-state index < -0.39 is 0 Å². The molecule has 0 radical (unpaired) electrons. The van der Waals surface area contributed by atoms with E-state index in [4.69, 9.17) is 9.47 Å². The number of aromatic nitrogens is 2. The van der Waals surface area contributed by atoms with Gasteiger partial charge in [0.05, 0.1) is 25.6 Å². The molecule has 1 aromatic heterocycles.